The normalized spacial score (nSPS) is 10.4. The molecule has 0 heterocycles. The average molecular weight is 369 g/mol. The molecule has 0 unspecified atom stereocenters. The molecule has 146 valence electrons. The van der Waals surface area contributed by atoms with Crippen LogP contribution in [-0.2, 0) is 31.8 Å². The SMILES string of the molecule is CCc1c(OCOC)cc(OCOC)c(C(=O)N(C)C)c1CC(=O)OC. The minimum Gasteiger partial charge on any atom is -0.469 e. The Kier molecular flexibility index (Phi) is 8.87. The molecule has 26 heavy (non-hydrogen) atoms. The van der Waals surface area contributed by atoms with Crippen molar-refractivity contribution < 1.29 is 33.3 Å². The monoisotopic (exact) mass is 369 g/mol. The first-order chi connectivity index (χ1) is 12.4. The summed E-state index contributed by atoms with van der Waals surface area (Å²) >= 11 is 0. The number of ether oxygens (including phenoxy) is 5. The first kappa shape index (κ1) is 21.7. The second-order valence-electron chi connectivity index (χ2n) is 5.61. The van der Waals surface area contributed by atoms with Crippen LogP contribution in [0.25, 0.3) is 0 Å². The Morgan fingerprint density at radius 2 is 1.54 bits per heavy atom. The quantitative estimate of drug-likeness (QED) is 0.458. The molecule has 0 aliphatic heterocycles. The van der Waals surface area contributed by atoms with Gasteiger partial charge in [0.05, 0.1) is 19.1 Å². The van der Waals surface area contributed by atoms with E-state index in [1.54, 1.807) is 20.2 Å². The summed E-state index contributed by atoms with van der Waals surface area (Å²) in [6, 6.07) is 1.62. The van der Waals surface area contributed by atoms with Crippen LogP contribution in [0.15, 0.2) is 6.07 Å². The van der Waals surface area contributed by atoms with Crippen molar-refractivity contribution in [2.75, 3.05) is 49.0 Å². The molecule has 0 bridgehead atoms. The maximum Gasteiger partial charge on any atom is 0.310 e. The van der Waals surface area contributed by atoms with E-state index in [0.717, 1.165) is 5.56 Å². The summed E-state index contributed by atoms with van der Waals surface area (Å²) in [5.74, 6) is -0.000458. The fourth-order valence-corrected chi connectivity index (χ4v) is 2.47. The Labute approximate surface area is 153 Å². The second-order valence-corrected chi connectivity index (χ2v) is 5.61. The molecule has 0 radical (unpaired) electrons. The summed E-state index contributed by atoms with van der Waals surface area (Å²) in [5.41, 5.74) is 1.53. The molecule has 1 aromatic rings. The number of amides is 1. The molecule has 8 nitrogen and oxygen atoms in total. The third-order valence-electron chi connectivity index (χ3n) is 3.66. The minimum atomic E-state index is -0.464. The third kappa shape index (κ3) is 5.34. The lowest BCUT2D eigenvalue weighted by Gasteiger charge is -2.22. The molecular formula is C18H27NO7. The molecule has 0 aliphatic carbocycles. The van der Waals surface area contributed by atoms with Crippen LogP contribution in [0.1, 0.15) is 28.4 Å². The molecule has 0 fully saturated rings. The maximum atomic E-state index is 12.8. The van der Waals surface area contributed by atoms with Gasteiger partial charge >= 0.3 is 5.97 Å². The van der Waals surface area contributed by atoms with Crippen molar-refractivity contribution in [2.24, 2.45) is 0 Å². The van der Waals surface area contributed by atoms with E-state index in [0.29, 0.717) is 23.3 Å². The van der Waals surface area contributed by atoms with Crippen LogP contribution >= 0.6 is 0 Å². The molecule has 0 aliphatic rings. The van der Waals surface area contributed by atoms with Gasteiger partial charge in [-0.1, -0.05) is 6.92 Å². The van der Waals surface area contributed by atoms with Gasteiger partial charge in [-0.3, -0.25) is 9.59 Å². The summed E-state index contributed by atoms with van der Waals surface area (Å²) in [4.78, 5) is 26.2. The molecule has 1 rings (SSSR count). The van der Waals surface area contributed by atoms with Crippen molar-refractivity contribution >= 4 is 11.9 Å². The van der Waals surface area contributed by atoms with Crippen LogP contribution in [-0.4, -0.2) is 65.8 Å². The van der Waals surface area contributed by atoms with E-state index in [1.165, 1.54) is 26.2 Å². The van der Waals surface area contributed by atoms with E-state index in [9.17, 15) is 9.59 Å². The molecule has 1 aromatic carbocycles. The van der Waals surface area contributed by atoms with Crippen LogP contribution in [0, 0.1) is 0 Å². The molecule has 0 saturated carbocycles. The number of esters is 1. The largest absolute Gasteiger partial charge is 0.469 e. The topological polar surface area (TPSA) is 83.5 Å². The molecule has 0 saturated heterocycles. The van der Waals surface area contributed by atoms with Gasteiger partial charge in [-0.15, -0.1) is 0 Å². The fraction of sp³-hybridized carbons (Fsp3) is 0.556. The van der Waals surface area contributed by atoms with Crippen LogP contribution in [0.4, 0.5) is 0 Å². The molecule has 0 spiro atoms. The Morgan fingerprint density at radius 1 is 0.962 bits per heavy atom. The van der Waals surface area contributed by atoms with Crippen molar-refractivity contribution in [1.82, 2.24) is 4.90 Å². The van der Waals surface area contributed by atoms with Gasteiger partial charge in [0.1, 0.15) is 11.5 Å². The summed E-state index contributed by atoms with van der Waals surface area (Å²) in [6.07, 6.45) is 0.464. The number of benzene rings is 1. The standard InChI is InChI=1S/C18H27NO7/c1-7-12-13(8-16(20)24-6)17(18(21)19(2)3)15(26-11-23-5)9-14(12)25-10-22-4/h9H,7-8,10-11H2,1-6H3. The van der Waals surface area contributed by atoms with Gasteiger partial charge in [-0.25, -0.2) is 0 Å². The highest BCUT2D eigenvalue weighted by Gasteiger charge is 2.27. The number of nitrogens with zero attached hydrogens (tertiary/aromatic N) is 1. The van der Waals surface area contributed by atoms with Crippen molar-refractivity contribution in [3.8, 4) is 11.5 Å². The van der Waals surface area contributed by atoms with Crippen LogP contribution in [0.5, 0.6) is 11.5 Å². The van der Waals surface area contributed by atoms with E-state index >= 15 is 0 Å². The Morgan fingerprint density at radius 3 is 2.00 bits per heavy atom. The number of methoxy groups -OCH3 is 3. The van der Waals surface area contributed by atoms with Gasteiger partial charge in [0.25, 0.3) is 5.91 Å². The van der Waals surface area contributed by atoms with Crippen molar-refractivity contribution in [1.29, 1.82) is 0 Å². The second kappa shape index (κ2) is 10.6. The van der Waals surface area contributed by atoms with Gasteiger partial charge in [-0.05, 0) is 17.5 Å². The van der Waals surface area contributed by atoms with E-state index in [2.05, 4.69) is 0 Å². The zero-order valence-electron chi connectivity index (χ0n) is 16.2. The van der Waals surface area contributed by atoms with Crippen LogP contribution in [0.3, 0.4) is 0 Å². The molecule has 0 atom stereocenters. The zero-order valence-corrected chi connectivity index (χ0v) is 16.2. The van der Waals surface area contributed by atoms with Crippen molar-refractivity contribution in [3.63, 3.8) is 0 Å². The Bertz CT molecular complexity index is 628. The highest BCUT2D eigenvalue weighted by molar-refractivity contribution is 6.00. The van der Waals surface area contributed by atoms with E-state index in [1.807, 2.05) is 6.92 Å². The number of carbonyl (C=O) groups is 2. The van der Waals surface area contributed by atoms with Crippen molar-refractivity contribution in [3.05, 3.63) is 22.8 Å². The smallest absolute Gasteiger partial charge is 0.310 e. The van der Waals surface area contributed by atoms with Gasteiger partial charge < -0.3 is 28.6 Å². The van der Waals surface area contributed by atoms with Crippen LogP contribution in [0.2, 0.25) is 0 Å². The Hall–Kier alpha value is -2.32. The molecule has 0 N–H and O–H groups in total. The predicted molar refractivity (Wildman–Crippen MR) is 94.6 cm³/mol. The summed E-state index contributed by atoms with van der Waals surface area (Å²) in [7, 11) is 7.55. The van der Waals surface area contributed by atoms with Crippen molar-refractivity contribution in [2.45, 2.75) is 19.8 Å². The van der Waals surface area contributed by atoms with Gasteiger partial charge in [-0.2, -0.15) is 0 Å². The molecule has 8 heteroatoms. The van der Waals surface area contributed by atoms with E-state index in [-0.39, 0.29) is 31.7 Å². The summed E-state index contributed by atoms with van der Waals surface area (Å²) in [6.45, 7) is 1.88. The molecular weight excluding hydrogens is 342 g/mol. The van der Waals surface area contributed by atoms with E-state index < -0.39 is 5.97 Å². The first-order valence-corrected chi connectivity index (χ1v) is 8.11. The zero-order chi connectivity index (χ0) is 19.7. The summed E-state index contributed by atoms with van der Waals surface area (Å²) < 4.78 is 25.9. The Balaban J connectivity index is 3.66. The van der Waals surface area contributed by atoms with E-state index in [4.69, 9.17) is 23.7 Å². The lowest BCUT2D eigenvalue weighted by atomic mass is 9.93. The fourth-order valence-electron chi connectivity index (χ4n) is 2.47. The number of carbonyl (C=O) groups excluding carboxylic acids is 2. The average Bonchev–Trinajstić information content (AvgIpc) is 2.63. The molecule has 1 amide bonds. The van der Waals surface area contributed by atoms with Gasteiger partial charge in [0.15, 0.2) is 13.6 Å². The predicted octanol–water partition coefficient (Wildman–Crippen LogP) is 1.63. The van der Waals surface area contributed by atoms with Gasteiger partial charge in [0, 0.05) is 34.4 Å². The maximum absolute atomic E-state index is 12.8. The van der Waals surface area contributed by atoms with Crippen LogP contribution < -0.4 is 9.47 Å². The molecule has 0 aromatic heterocycles. The highest BCUT2D eigenvalue weighted by atomic mass is 16.7. The minimum absolute atomic E-state index is 0.0232. The van der Waals surface area contributed by atoms with Gasteiger partial charge in [0.2, 0.25) is 0 Å². The number of hydrogen-bond donors (Lipinski definition) is 0. The first-order valence-electron chi connectivity index (χ1n) is 8.11. The number of hydrogen-bond acceptors (Lipinski definition) is 7. The lowest BCUT2D eigenvalue weighted by Crippen LogP contribution is -2.26. The third-order valence-corrected chi connectivity index (χ3v) is 3.66. The lowest BCUT2D eigenvalue weighted by molar-refractivity contribution is -0.139. The highest BCUT2D eigenvalue weighted by Crippen LogP contribution is 2.36. The summed E-state index contributed by atoms with van der Waals surface area (Å²) in [5, 5.41) is 0. The number of rotatable bonds is 10.